The number of carbonyl (C=O) groups excluding carboxylic acids is 2. The van der Waals surface area contributed by atoms with Crippen LogP contribution in [0.1, 0.15) is 26.2 Å². The summed E-state index contributed by atoms with van der Waals surface area (Å²) in [4.78, 5) is 22.7. The third-order valence-corrected chi connectivity index (χ3v) is 4.72. The molecule has 20 heavy (non-hydrogen) atoms. The number of hydrogen-bond acceptors (Lipinski definition) is 4. The molecule has 116 valence electrons. The second kappa shape index (κ2) is 6.08. The van der Waals surface area contributed by atoms with E-state index in [4.69, 9.17) is 0 Å². The van der Waals surface area contributed by atoms with Gasteiger partial charge in [0, 0.05) is 6.42 Å². The van der Waals surface area contributed by atoms with E-state index in [1.165, 1.54) is 0 Å². The number of amides is 2. The van der Waals surface area contributed by atoms with Crippen LogP contribution in [0.3, 0.4) is 0 Å². The van der Waals surface area contributed by atoms with Gasteiger partial charge >= 0.3 is 6.18 Å². The van der Waals surface area contributed by atoms with Crippen molar-refractivity contribution in [3.8, 4) is 0 Å². The Kier molecular flexibility index (Phi) is 5.14. The van der Waals surface area contributed by atoms with Crippen LogP contribution in [0.2, 0.25) is 0 Å². The van der Waals surface area contributed by atoms with Gasteiger partial charge in [0.05, 0.1) is 12.3 Å². The highest BCUT2D eigenvalue weighted by molar-refractivity contribution is 7.89. The van der Waals surface area contributed by atoms with Gasteiger partial charge in [-0.3, -0.25) is 14.9 Å². The molecule has 10 heteroatoms. The number of imide groups is 1. The number of rotatable bonds is 5. The molecule has 1 heterocycles. The molecule has 1 N–H and O–H groups in total. The molecule has 0 aromatic rings. The Labute approximate surface area is 114 Å². The fraction of sp³-hybridized carbons (Fsp3) is 0.800. The van der Waals surface area contributed by atoms with Crippen LogP contribution < -0.4 is 5.32 Å². The molecule has 0 aromatic carbocycles. The minimum absolute atomic E-state index is 0.137. The van der Waals surface area contributed by atoms with Crippen LogP contribution in [0.25, 0.3) is 0 Å². The van der Waals surface area contributed by atoms with Gasteiger partial charge in [-0.25, -0.2) is 8.42 Å². The quantitative estimate of drug-likeness (QED) is 0.744. The molecular weight excluding hydrogens is 301 g/mol. The molecule has 2 amide bonds. The number of nitrogens with zero attached hydrogens (tertiary/aromatic N) is 1. The first-order valence-corrected chi connectivity index (χ1v) is 7.57. The molecule has 6 nitrogen and oxygen atoms in total. The monoisotopic (exact) mass is 316 g/mol. The van der Waals surface area contributed by atoms with Gasteiger partial charge in [-0.1, -0.05) is 6.92 Å². The SMILES string of the molecule is CCC1C(=O)NC(=O)CN1S(=O)(=O)CCCC(F)(F)F. The van der Waals surface area contributed by atoms with Crippen LogP contribution in [0.4, 0.5) is 13.2 Å². The number of halogens is 3. The van der Waals surface area contributed by atoms with Gasteiger partial charge < -0.3 is 0 Å². The van der Waals surface area contributed by atoms with Crippen molar-refractivity contribution in [2.24, 2.45) is 0 Å². The summed E-state index contributed by atoms with van der Waals surface area (Å²) in [6, 6.07) is -1.05. The summed E-state index contributed by atoms with van der Waals surface area (Å²) in [5, 5.41) is 2.00. The second-order valence-electron chi connectivity index (χ2n) is 4.42. The van der Waals surface area contributed by atoms with Crippen LogP contribution in [0, 0.1) is 0 Å². The number of alkyl halides is 3. The first-order chi connectivity index (χ1) is 9.07. The number of sulfonamides is 1. The molecule has 1 saturated heterocycles. The summed E-state index contributed by atoms with van der Waals surface area (Å²) < 4.78 is 60.6. The first-order valence-electron chi connectivity index (χ1n) is 5.97. The molecular formula is C10H15F3N2O4S. The zero-order chi connectivity index (χ0) is 15.6. The van der Waals surface area contributed by atoms with E-state index in [0.717, 1.165) is 0 Å². The Morgan fingerprint density at radius 1 is 1.35 bits per heavy atom. The van der Waals surface area contributed by atoms with Crippen molar-refractivity contribution in [2.75, 3.05) is 12.3 Å². The summed E-state index contributed by atoms with van der Waals surface area (Å²) >= 11 is 0. The molecule has 0 spiro atoms. The molecule has 1 rings (SSSR count). The molecule has 0 radical (unpaired) electrons. The number of carbonyl (C=O) groups is 2. The van der Waals surface area contributed by atoms with E-state index in [1.54, 1.807) is 6.92 Å². The van der Waals surface area contributed by atoms with E-state index >= 15 is 0 Å². The lowest BCUT2D eigenvalue weighted by Crippen LogP contribution is -2.59. The van der Waals surface area contributed by atoms with E-state index in [0.29, 0.717) is 4.31 Å². The summed E-state index contributed by atoms with van der Waals surface area (Å²) in [5.74, 6) is -2.27. The predicted octanol–water partition coefficient (Wildman–Crippen LogP) is 0.396. The highest BCUT2D eigenvalue weighted by Gasteiger charge is 2.40. The van der Waals surface area contributed by atoms with Gasteiger partial charge in [-0.05, 0) is 12.8 Å². The molecule has 0 saturated carbocycles. The normalized spacial score (nSPS) is 21.9. The molecule has 0 aromatic heterocycles. The van der Waals surface area contributed by atoms with Gasteiger partial charge in [0.25, 0.3) is 0 Å². The minimum atomic E-state index is -4.44. The highest BCUT2D eigenvalue weighted by atomic mass is 32.2. The third kappa shape index (κ3) is 4.44. The van der Waals surface area contributed by atoms with E-state index in [2.05, 4.69) is 0 Å². The second-order valence-corrected chi connectivity index (χ2v) is 6.46. The number of hydrogen-bond donors (Lipinski definition) is 1. The maximum atomic E-state index is 12.0. The van der Waals surface area contributed by atoms with Crippen LogP contribution in [0.15, 0.2) is 0 Å². The molecule has 1 fully saturated rings. The van der Waals surface area contributed by atoms with Gasteiger partial charge in [0.1, 0.15) is 6.04 Å². The molecule has 0 aliphatic carbocycles. The van der Waals surface area contributed by atoms with Crippen molar-refractivity contribution in [1.82, 2.24) is 9.62 Å². The minimum Gasteiger partial charge on any atom is -0.294 e. The topological polar surface area (TPSA) is 83.6 Å². The van der Waals surface area contributed by atoms with E-state index < -0.39 is 59.2 Å². The number of nitrogens with one attached hydrogen (secondary N) is 1. The zero-order valence-corrected chi connectivity index (χ0v) is 11.6. The zero-order valence-electron chi connectivity index (χ0n) is 10.7. The van der Waals surface area contributed by atoms with Crippen LogP contribution in [-0.2, 0) is 19.6 Å². The van der Waals surface area contributed by atoms with Crippen molar-refractivity contribution < 1.29 is 31.2 Å². The fourth-order valence-corrected chi connectivity index (χ4v) is 3.59. The predicted molar refractivity (Wildman–Crippen MR) is 63.0 cm³/mol. The lowest BCUT2D eigenvalue weighted by atomic mass is 10.2. The van der Waals surface area contributed by atoms with E-state index in [9.17, 15) is 31.2 Å². The summed E-state index contributed by atoms with van der Waals surface area (Å²) in [6.07, 6.45) is -6.13. The summed E-state index contributed by atoms with van der Waals surface area (Å²) in [5.41, 5.74) is 0. The molecule has 1 atom stereocenters. The van der Waals surface area contributed by atoms with Crippen LogP contribution in [-0.4, -0.2) is 49.1 Å². The molecule has 1 aliphatic rings. The summed E-state index contributed by atoms with van der Waals surface area (Å²) in [6.45, 7) is 1.01. The van der Waals surface area contributed by atoms with Gasteiger partial charge in [-0.15, -0.1) is 0 Å². The maximum Gasteiger partial charge on any atom is 0.389 e. The molecule has 0 bridgehead atoms. The maximum absolute atomic E-state index is 12.0. The standard InChI is InChI=1S/C10H15F3N2O4S/c1-2-7-9(17)14-8(16)6-15(7)20(18,19)5-3-4-10(11,12)13/h7H,2-6H2,1H3,(H,14,16,17). The van der Waals surface area contributed by atoms with Crippen molar-refractivity contribution in [3.63, 3.8) is 0 Å². The van der Waals surface area contributed by atoms with Crippen LogP contribution >= 0.6 is 0 Å². The largest absolute Gasteiger partial charge is 0.389 e. The lowest BCUT2D eigenvalue weighted by Gasteiger charge is -2.32. The van der Waals surface area contributed by atoms with Gasteiger partial charge in [0.2, 0.25) is 21.8 Å². The Balaban J connectivity index is 2.78. The van der Waals surface area contributed by atoms with E-state index in [1.807, 2.05) is 5.32 Å². The van der Waals surface area contributed by atoms with Gasteiger partial charge in [0.15, 0.2) is 0 Å². The number of piperazine rings is 1. The Hall–Kier alpha value is -1.16. The van der Waals surface area contributed by atoms with E-state index in [-0.39, 0.29) is 6.42 Å². The average Bonchev–Trinajstić information content (AvgIpc) is 2.25. The highest BCUT2D eigenvalue weighted by Crippen LogP contribution is 2.23. The van der Waals surface area contributed by atoms with Crippen molar-refractivity contribution >= 4 is 21.8 Å². The summed E-state index contributed by atoms with van der Waals surface area (Å²) in [7, 11) is -4.08. The van der Waals surface area contributed by atoms with Crippen molar-refractivity contribution in [3.05, 3.63) is 0 Å². The smallest absolute Gasteiger partial charge is 0.294 e. The van der Waals surface area contributed by atoms with Crippen LogP contribution in [0.5, 0.6) is 0 Å². The first kappa shape index (κ1) is 16.9. The lowest BCUT2D eigenvalue weighted by molar-refractivity contribution is -0.138. The molecule has 1 aliphatic heterocycles. The Bertz CT molecular complexity index is 489. The average molecular weight is 316 g/mol. The third-order valence-electron chi connectivity index (χ3n) is 2.82. The van der Waals surface area contributed by atoms with Crippen molar-refractivity contribution in [2.45, 2.75) is 38.4 Å². The van der Waals surface area contributed by atoms with Crippen molar-refractivity contribution in [1.29, 1.82) is 0 Å². The fourth-order valence-electron chi connectivity index (χ4n) is 1.90. The Morgan fingerprint density at radius 3 is 2.45 bits per heavy atom. The van der Waals surface area contributed by atoms with Gasteiger partial charge in [-0.2, -0.15) is 17.5 Å². The molecule has 1 unspecified atom stereocenters. The Morgan fingerprint density at radius 2 is 1.95 bits per heavy atom.